The van der Waals surface area contributed by atoms with Gasteiger partial charge in [0.2, 0.25) is 0 Å². The molecule has 15 heteroatoms. The Morgan fingerprint density at radius 3 is 0.422 bits per heavy atom. The van der Waals surface area contributed by atoms with Gasteiger partial charge in [-0.25, -0.2) is 0 Å². The molecule has 90 heavy (non-hydrogen) atoms. The van der Waals surface area contributed by atoms with Crippen LogP contribution in [0.3, 0.4) is 0 Å². The largest absolute Gasteiger partial charge is 0.393 e. The third-order valence-corrected chi connectivity index (χ3v) is 44.4. The van der Waals surface area contributed by atoms with Gasteiger partial charge in [0.05, 0.1) is 144 Å². The highest BCUT2D eigenvalue weighted by Gasteiger charge is 2.31. The molecule has 0 aliphatic carbocycles. The molecule has 0 aromatic rings. The first kappa shape index (κ1) is 119. The van der Waals surface area contributed by atoms with Crippen molar-refractivity contribution >= 4 is 79.9 Å². The van der Waals surface area contributed by atoms with E-state index in [2.05, 4.69) is 270 Å². The van der Waals surface area contributed by atoms with Crippen LogP contribution >= 0.6 is 79.9 Å². The van der Waals surface area contributed by atoms with Gasteiger partial charge in [0.1, 0.15) is 0 Å². The van der Waals surface area contributed by atoms with E-state index in [-0.39, 0.29) is 34.3 Å². The Hall–Kier alpha value is 4.57. The minimum atomic E-state index is -1.22. The number of unbranched alkanes of at least 4 members (excludes halogenated alkanes) is 4. The van der Waals surface area contributed by atoms with Crippen LogP contribution in [0.5, 0.6) is 0 Å². The van der Waals surface area contributed by atoms with Gasteiger partial charge >= 0.3 is 0 Å². The molecule has 4 N–H and O–H groups in total. The first-order chi connectivity index (χ1) is 40.7. The Balaban J connectivity index is -0.0000000859. The van der Waals surface area contributed by atoms with E-state index in [0.717, 1.165) is 24.6 Å². The number of rotatable bonds is 35. The number of aliphatic hydroxyl groups excluding tert-OH is 4. The van der Waals surface area contributed by atoms with Gasteiger partial charge in [-0.1, -0.05) is 81.1 Å². The van der Waals surface area contributed by atoms with Crippen LogP contribution in [-0.4, -0.2) is 331 Å². The first-order valence-electron chi connectivity index (χ1n) is 37.1. The molecule has 0 aromatic heterocycles. The van der Waals surface area contributed by atoms with E-state index >= 15 is 0 Å². The molecule has 0 unspecified atom stereocenters. The quantitative estimate of drug-likeness (QED) is 0.0477. The highest BCUT2D eigenvalue weighted by molar-refractivity contribution is 7.77. The molecule has 0 heterocycles. The van der Waals surface area contributed by atoms with Gasteiger partial charge in [-0.3, -0.25) is 0 Å². The summed E-state index contributed by atoms with van der Waals surface area (Å²) < 4.78 is 0. The predicted molar refractivity (Wildman–Crippen MR) is 486 cm³/mol. The molecule has 562 valence electrons. The van der Waals surface area contributed by atoms with Crippen molar-refractivity contribution in [2.45, 2.75) is 181 Å². The van der Waals surface area contributed by atoms with Crippen molar-refractivity contribution in [1.82, 2.24) is 0 Å². The first-order valence-corrected chi connectivity index (χ1v) is 71.4. The third kappa shape index (κ3) is 129. The standard InChI is InChI=1S/C13H30P.C10H24P.C7H18O3P.3C7H18P.C6H16P.C5H14OP.C5H14P.2C4H12P/c1-5-8-11-14(4,12-9-6-2)13-10-7-3;1-5-8-11(4,9-6-2)10-7-3;1-11(5-2-8,6-3-9)7-4-10;1-5-6-7-8(2,3)4;2*1-5-8(4,6-2)7-3;1-5-6-7(2,3)4;1-7(2,3)5-4-6;1-5-6(2,3)4;2*1-5(2,3)4/h5-13H2,1-4H3;5-10H2,1-4H3;8-10H,2-7H2,1H3;3*5-7H2,1-4H3;5-6H2,1-4H3;6H,4-5H2,1-3H3;5H2,1-4H3;2*1-4H3/q11*+1. The topological polar surface area (TPSA) is 80.9 Å². The normalized spacial score (nSPS) is 12.0. The fourth-order valence-corrected chi connectivity index (χ4v) is 23.7. The van der Waals surface area contributed by atoms with Gasteiger partial charge in [0.25, 0.3) is 0 Å². The average molecular weight is 1500 g/mol. The molecular formula is C75H194O4P11+11. The summed E-state index contributed by atoms with van der Waals surface area (Å²) in [5, 5.41) is 34.6. The Morgan fingerprint density at radius 1 is 0.167 bits per heavy atom. The minimum Gasteiger partial charge on any atom is -0.393 e. The Bertz CT molecular complexity index is 1190. The van der Waals surface area contributed by atoms with Gasteiger partial charge in [0.15, 0.2) is 0 Å². The van der Waals surface area contributed by atoms with Crippen molar-refractivity contribution in [1.29, 1.82) is 0 Å². The second-order valence-corrected chi connectivity index (χ2v) is 88.9. The third-order valence-electron chi connectivity index (χ3n) is 15.7. The van der Waals surface area contributed by atoms with E-state index in [4.69, 9.17) is 20.4 Å². The molecule has 0 aliphatic rings. The van der Waals surface area contributed by atoms with Crippen LogP contribution in [0.4, 0.5) is 0 Å². The van der Waals surface area contributed by atoms with Gasteiger partial charge in [-0.05, 0) is 99.8 Å². The summed E-state index contributed by atoms with van der Waals surface area (Å²) in [5.41, 5.74) is 0. The second-order valence-electron chi connectivity index (χ2n) is 33.8. The van der Waals surface area contributed by atoms with E-state index in [1.54, 1.807) is 18.5 Å². The van der Waals surface area contributed by atoms with E-state index in [9.17, 15) is 0 Å². The molecule has 0 aliphatic heterocycles. The Kier molecular flexibility index (Phi) is 94.8. The molecule has 0 bridgehead atoms. The zero-order valence-electron chi connectivity index (χ0n) is 71.5. The lowest BCUT2D eigenvalue weighted by atomic mass is 10.4. The van der Waals surface area contributed by atoms with E-state index in [1.165, 1.54) is 151 Å². The van der Waals surface area contributed by atoms with E-state index in [0.29, 0.717) is 6.61 Å². The van der Waals surface area contributed by atoms with Crippen LogP contribution in [0.15, 0.2) is 0 Å². The molecule has 0 fully saturated rings. The van der Waals surface area contributed by atoms with Crippen LogP contribution in [-0.2, 0) is 0 Å². The van der Waals surface area contributed by atoms with Gasteiger partial charge in [-0.15, -0.1) is 0 Å². The predicted octanol–water partition coefficient (Wildman–Crippen LogP) is 24.7. The Labute approximate surface area is 587 Å². The van der Waals surface area contributed by atoms with Crippen LogP contribution in [0.25, 0.3) is 0 Å². The summed E-state index contributed by atoms with van der Waals surface area (Å²) in [6.45, 7) is 94.2. The van der Waals surface area contributed by atoms with Crippen molar-refractivity contribution in [3.05, 3.63) is 0 Å². The van der Waals surface area contributed by atoms with E-state index < -0.39 is 65.4 Å². The molecule has 0 amide bonds. The van der Waals surface area contributed by atoms with Crippen molar-refractivity contribution in [2.75, 3.05) is 310 Å². The van der Waals surface area contributed by atoms with Gasteiger partial charge < -0.3 is 20.4 Å². The maximum absolute atomic E-state index is 8.72. The SMILES string of the molecule is CCCC[P+](C)(C)C.CCCC[P+](C)(CCCC)CCCC.CCC[P+](C)(C)C.CCC[P+](C)(CCC)CCC.CC[P+](C)(C)C.CC[P+](C)(CC)CC.CC[P+](C)(CC)CC.C[P+](C)(C)C.C[P+](C)(C)C.C[P+](C)(C)CCO.C[P+](CCO)(CCO)CCO. The summed E-state index contributed by atoms with van der Waals surface area (Å²) in [4.78, 5) is 0. The summed E-state index contributed by atoms with van der Waals surface area (Å²) in [7, 11) is -5.72. The van der Waals surface area contributed by atoms with E-state index in [1.807, 2.05) is 0 Å². The Morgan fingerprint density at radius 2 is 0.333 bits per heavy atom. The van der Waals surface area contributed by atoms with Gasteiger partial charge in [0, 0.05) is 247 Å². The lowest BCUT2D eigenvalue weighted by Crippen LogP contribution is -2.13. The van der Waals surface area contributed by atoms with Gasteiger partial charge in [-0.2, -0.15) is 0 Å². The maximum atomic E-state index is 8.72. The fourth-order valence-electron chi connectivity index (χ4n) is 7.91. The highest BCUT2D eigenvalue weighted by atomic mass is 31.2. The maximum Gasteiger partial charge on any atom is 0.0824 e. The zero-order valence-corrected chi connectivity index (χ0v) is 81.3. The lowest BCUT2D eigenvalue weighted by molar-refractivity contribution is 0.308. The molecule has 0 rings (SSSR count). The monoisotopic (exact) mass is 1500 g/mol. The van der Waals surface area contributed by atoms with Crippen molar-refractivity contribution in [3.8, 4) is 0 Å². The smallest absolute Gasteiger partial charge is 0.0824 e. The van der Waals surface area contributed by atoms with Crippen LogP contribution < -0.4 is 0 Å². The van der Waals surface area contributed by atoms with Crippen LogP contribution in [0, 0.1) is 0 Å². The number of hydrogen-bond donors (Lipinski definition) is 4. The molecule has 0 atom stereocenters. The molecule has 4 nitrogen and oxygen atoms in total. The molecule has 0 aromatic carbocycles. The lowest BCUT2D eigenvalue weighted by Gasteiger charge is -2.22. The molecule has 0 saturated heterocycles. The van der Waals surface area contributed by atoms with Crippen molar-refractivity contribution < 1.29 is 20.4 Å². The molecular weight excluding hydrogens is 1310 g/mol. The summed E-state index contributed by atoms with van der Waals surface area (Å²) >= 11 is 0. The minimum absolute atomic E-state index is 0.171. The van der Waals surface area contributed by atoms with Crippen molar-refractivity contribution in [3.63, 3.8) is 0 Å². The van der Waals surface area contributed by atoms with Crippen LogP contribution in [0.2, 0.25) is 0 Å². The highest BCUT2D eigenvalue weighted by Crippen LogP contribution is 2.58. The molecule has 0 saturated carbocycles. The molecule has 0 radical (unpaired) electrons. The zero-order chi connectivity index (χ0) is 74.2. The number of aliphatic hydroxyl groups is 4. The molecule has 0 spiro atoms. The second kappa shape index (κ2) is 71.9. The summed E-state index contributed by atoms with van der Waals surface area (Å²) in [6.07, 6.45) is 42.3. The average Bonchev–Trinajstić information content (AvgIpc) is 3.44. The summed E-state index contributed by atoms with van der Waals surface area (Å²) in [5.74, 6) is 0. The summed E-state index contributed by atoms with van der Waals surface area (Å²) in [6, 6.07) is 0. The number of hydrogen-bond acceptors (Lipinski definition) is 4. The van der Waals surface area contributed by atoms with Crippen LogP contribution in [0.1, 0.15) is 181 Å². The fraction of sp³-hybridized carbons (Fsp3) is 1.00. The van der Waals surface area contributed by atoms with Crippen molar-refractivity contribution in [2.24, 2.45) is 0 Å².